The second-order valence-electron chi connectivity index (χ2n) is 6.06. The predicted molar refractivity (Wildman–Crippen MR) is 115 cm³/mol. The Morgan fingerprint density at radius 2 is 1.46 bits per heavy atom. The number of hydrogen-bond donors (Lipinski definition) is 3. The summed E-state index contributed by atoms with van der Waals surface area (Å²) in [6.45, 7) is 0.108. The van der Waals surface area contributed by atoms with Crippen molar-refractivity contribution in [2.45, 2.75) is 4.90 Å². The third-order valence-corrected chi connectivity index (χ3v) is 5.08. The van der Waals surface area contributed by atoms with Gasteiger partial charge in [-0.3, -0.25) is 9.59 Å². The number of anilines is 2. The molecular weight excluding hydrogens is 370 g/mol. The fraction of sp³-hybridized carbons (Fsp3) is 0.0909. The maximum Gasteiger partial charge on any atom is 0.243 e. The van der Waals surface area contributed by atoms with Crippen LogP contribution >= 0.6 is 11.8 Å². The Morgan fingerprint density at radius 3 is 2.21 bits per heavy atom. The van der Waals surface area contributed by atoms with Crippen LogP contribution < -0.4 is 16.4 Å². The minimum atomic E-state index is -0.380. The normalized spacial score (nSPS) is 10.3. The molecule has 0 heterocycles. The lowest BCUT2D eigenvalue weighted by Crippen LogP contribution is -2.22. The van der Waals surface area contributed by atoms with Gasteiger partial charge in [0.05, 0.1) is 12.3 Å². The Bertz CT molecular complexity index is 961. The van der Waals surface area contributed by atoms with Gasteiger partial charge in [-0.2, -0.15) is 0 Å². The van der Waals surface area contributed by atoms with Gasteiger partial charge < -0.3 is 16.4 Å². The standard InChI is InChI=1S/C22H21N3O2S/c23-21(26)15-28-20-13-7-6-12-19(20)24-14-22(27)25-18-11-5-4-10-17(18)16-8-2-1-3-9-16/h1-13,24H,14-15H2,(H2,23,26)(H,25,27). The molecular formula is C22H21N3O2S. The van der Waals surface area contributed by atoms with E-state index < -0.39 is 0 Å². The summed E-state index contributed by atoms with van der Waals surface area (Å²) in [6, 6.07) is 25.1. The quantitative estimate of drug-likeness (QED) is 0.507. The molecule has 0 fully saturated rings. The first-order valence-corrected chi connectivity index (χ1v) is 9.80. The third-order valence-electron chi connectivity index (χ3n) is 3.98. The second-order valence-corrected chi connectivity index (χ2v) is 7.08. The molecule has 3 aromatic rings. The fourth-order valence-corrected chi connectivity index (χ4v) is 3.49. The number of nitrogens with one attached hydrogen (secondary N) is 2. The number of rotatable bonds is 8. The minimum Gasteiger partial charge on any atom is -0.375 e. The molecule has 0 spiro atoms. The summed E-state index contributed by atoms with van der Waals surface area (Å²) < 4.78 is 0. The van der Waals surface area contributed by atoms with Crippen molar-refractivity contribution >= 4 is 35.0 Å². The number of hydrogen-bond acceptors (Lipinski definition) is 4. The van der Waals surface area contributed by atoms with Crippen LogP contribution in [0.25, 0.3) is 11.1 Å². The van der Waals surface area contributed by atoms with Crippen molar-refractivity contribution in [1.29, 1.82) is 0 Å². The number of benzene rings is 3. The Labute approximate surface area is 168 Å². The SMILES string of the molecule is NC(=O)CSc1ccccc1NCC(=O)Nc1ccccc1-c1ccccc1. The summed E-state index contributed by atoms with van der Waals surface area (Å²) in [5.74, 6) is -0.344. The number of nitrogens with two attached hydrogens (primary N) is 1. The summed E-state index contributed by atoms with van der Waals surface area (Å²) in [7, 11) is 0. The van der Waals surface area contributed by atoms with E-state index in [0.29, 0.717) is 0 Å². The first-order chi connectivity index (χ1) is 13.6. The minimum absolute atomic E-state index is 0.108. The summed E-state index contributed by atoms with van der Waals surface area (Å²) in [5, 5.41) is 6.10. The third kappa shape index (κ3) is 5.37. The van der Waals surface area contributed by atoms with E-state index in [9.17, 15) is 9.59 Å². The highest BCUT2D eigenvalue weighted by atomic mass is 32.2. The van der Waals surface area contributed by atoms with Crippen LogP contribution in [0, 0.1) is 0 Å². The number of primary amides is 1. The van der Waals surface area contributed by atoms with E-state index in [1.807, 2.05) is 78.9 Å². The average Bonchev–Trinajstić information content (AvgIpc) is 2.72. The highest BCUT2D eigenvalue weighted by molar-refractivity contribution is 8.00. The number of carbonyl (C=O) groups excluding carboxylic acids is 2. The Morgan fingerprint density at radius 1 is 0.821 bits per heavy atom. The highest BCUT2D eigenvalue weighted by Gasteiger charge is 2.10. The lowest BCUT2D eigenvalue weighted by atomic mass is 10.0. The summed E-state index contributed by atoms with van der Waals surface area (Å²) in [6.07, 6.45) is 0. The zero-order valence-electron chi connectivity index (χ0n) is 15.2. The van der Waals surface area contributed by atoms with Crippen LogP contribution in [0.1, 0.15) is 0 Å². The van der Waals surface area contributed by atoms with Gasteiger partial charge in [0.15, 0.2) is 0 Å². The van der Waals surface area contributed by atoms with E-state index >= 15 is 0 Å². The molecule has 0 aliphatic heterocycles. The van der Waals surface area contributed by atoms with Crippen molar-refractivity contribution in [3.63, 3.8) is 0 Å². The van der Waals surface area contributed by atoms with Crippen molar-refractivity contribution in [3.05, 3.63) is 78.9 Å². The maximum absolute atomic E-state index is 12.5. The van der Waals surface area contributed by atoms with Gasteiger partial charge in [0, 0.05) is 21.8 Å². The van der Waals surface area contributed by atoms with Crippen molar-refractivity contribution in [3.8, 4) is 11.1 Å². The molecule has 0 saturated heterocycles. The van der Waals surface area contributed by atoms with Gasteiger partial charge in [-0.05, 0) is 23.8 Å². The Hall–Kier alpha value is -3.25. The van der Waals surface area contributed by atoms with E-state index in [1.54, 1.807) is 0 Å². The van der Waals surface area contributed by atoms with Gasteiger partial charge in [-0.1, -0.05) is 60.7 Å². The van der Waals surface area contributed by atoms with Gasteiger partial charge in [0.25, 0.3) is 0 Å². The van der Waals surface area contributed by atoms with Gasteiger partial charge >= 0.3 is 0 Å². The van der Waals surface area contributed by atoms with Gasteiger partial charge in [0.1, 0.15) is 0 Å². The van der Waals surface area contributed by atoms with E-state index in [2.05, 4.69) is 10.6 Å². The molecule has 0 unspecified atom stereocenters. The average molecular weight is 391 g/mol. The second kappa shape index (κ2) is 9.62. The monoisotopic (exact) mass is 391 g/mol. The molecule has 0 aliphatic carbocycles. The largest absolute Gasteiger partial charge is 0.375 e. The van der Waals surface area contributed by atoms with E-state index in [0.717, 1.165) is 27.4 Å². The number of carbonyl (C=O) groups is 2. The van der Waals surface area contributed by atoms with Crippen molar-refractivity contribution in [2.24, 2.45) is 5.73 Å². The smallest absolute Gasteiger partial charge is 0.243 e. The highest BCUT2D eigenvalue weighted by Crippen LogP contribution is 2.28. The summed E-state index contributed by atoms with van der Waals surface area (Å²) in [5.41, 5.74) is 8.78. The fourth-order valence-electron chi connectivity index (χ4n) is 2.72. The van der Waals surface area contributed by atoms with Crippen LogP contribution in [0.15, 0.2) is 83.8 Å². The molecule has 5 nitrogen and oxygen atoms in total. The molecule has 6 heteroatoms. The maximum atomic E-state index is 12.5. The molecule has 4 N–H and O–H groups in total. The first kappa shape index (κ1) is 19.5. The molecule has 0 aromatic heterocycles. The molecule has 3 rings (SSSR count). The van der Waals surface area contributed by atoms with Crippen LogP contribution in [0.5, 0.6) is 0 Å². The molecule has 0 saturated carbocycles. The summed E-state index contributed by atoms with van der Waals surface area (Å²) >= 11 is 1.34. The molecule has 0 aliphatic rings. The van der Waals surface area contributed by atoms with Crippen molar-refractivity contribution < 1.29 is 9.59 Å². The van der Waals surface area contributed by atoms with E-state index in [1.165, 1.54) is 11.8 Å². The van der Waals surface area contributed by atoms with Crippen LogP contribution in [0.3, 0.4) is 0 Å². The Balaban J connectivity index is 1.66. The number of para-hydroxylation sites is 2. The zero-order chi connectivity index (χ0) is 19.8. The molecule has 3 aromatic carbocycles. The van der Waals surface area contributed by atoms with Crippen LogP contribution in [0.4, 0.5) is 11.4 Å². The first-order valence-electron chi connectivity index (χ1n) is 8.82. The van der Waals surface area contributed by atoms with Crippen LogP contribution in [-0.2, 0) is 9.59 Å². The van der Waals surface area contributed by atoms with Crippen molar-refractivity contribution in [2.75, 3.05) is 22.9 Å². The molecule has 142 valence electrons. The lowest BCUT2D eigenvalue weighted by Gasteiger charge is -2.13. The molecule has 2 amide bonds. The topological polar surface area (TPSA) is 84.2 Å². The van der Waals surface area contributed by atoms with Gasteiger partial charge in [0.2, 0.25) is 11.8 Å². The number of thioether (sulfide) groups is 1. The van der Waals surface area contributed by atoms with Crippen LogP contribution in [0.2, 0.25) is 0 Å². The molecule has 0 radical (unpaired) electrons. The lowest BCUT2D eigenvalue weighted by molar-refractivity contribution is -0.116. The van der Waals surface area contributed by atoms with Crippen LogP contribution in [-0.4, -0.2) is 24.1 Å². The molecule has 0 atom stereocenters. The van der Waals surface area contributed by atoms with E-state index in [-0.39, 0.29) is 24.1 Å². The van der Waals surface area contributed by atoms with Gasteiger partial charge in [-0.25, -0.2) is 0 Å². The predicted octanol–water partition coefficient (Wildman–Crippen LogP) is 3.98. The molecule has 28 heavy (non-hydrogen) atoms. The Kier molecular flexibility index (Phi) is 6.70. The van der Waals surface area contributed by atoms with E-state index in [4.69, 9.17) is 5.73 Å². The number of amides is 2. The molecule has 0 bridgehead atoms. The zero-order valence-corrected chi connectivity index (χ0v) is 16.0. The summed E-state index contributed by atoms with van der Waals surface area (Å²) in [4.78, 5) is 24.4. The van der Waals surface area contributed by atoms with Gasteiger partial charge in [-0.15, -0.1) is 11.8 Å². The van der Waals surface area contributed by atoms with Crippen molar-refractivity contribution in [1.82, 2.24) is 0 Å².